The molecule has 0 fully saturated rings. The Labute approximate surface area is 86.7 Å². The molecule has 0 bridgehead atoms. The molecule has 0 spiro atoms. The topological polar surface area (TPSA) is 39.2 Å². The fraction of sp³-hybridized carbons (Fsp3) is 0.300. The van der Waals surface area contributed by atoms with E-state index < -0.39 is 0 Å². The highest BCUT2D eigenvalue weighted by molar-refractivity contribution is 6.16. The smallest absolute Gasteiger partial charge is 0.209 e. The van der Waals surface area contributed by atoms with Crippen molar-refractivity contribution < 1.29 is 8.83 Å². The fourth-order valence-electron chi connectivity index (χ4n) is 1.37. The lowest BCUT2D eigenvalue weighted by molar-refractivity contribution is 0.500. The lowest BCUT2D eigenvalue weighted by atomic mass is 10.2. The third kappa shape index (κ3) is 1.55. The quantitative estimate of drug-likeness (QED) is 0.716. The number of furan rings is 1. The second-order valence-corrected chi connectivity index (χ2v) is 3.35. The van der Waals surface area contributed by atoms with Gasteiger partial charge in [-0.05, 0) is 19.9 Å². The first-order valence-electron chi connectivity index (χ1n) is 4.29. The van der Waals surface area contributed by atoms with Crippen LogP contribution < -0.4 is 0 Å². The fourth-order valence-corrected chi connectivity index (χ4v) is 1.50. The van der Waals surface area contributed by atoms with Gasteiger partial charge in [-0.3, -0.25) is 0 Å². The second-order valence-electron chi connectivity index (χ2n) is 3.08. The molecule has 4 heteroatoms. The highest BCUT2D eigenvalue weighted by Gasteiger charge is 2.11. The van der Waals surface area contributed by atoms with Crippen molar-refractivity contribution in [1.29, 1.82) is 0 Å². The van der Waals surface area contributed by atoms with Crippen molar-refractivity contribution in [3.63, 3.8) is 0 Å². The summed E-state index contributed by atoms with van der Waals surface area (Å²) in [5.74, 6) is 3.21. The Morgan fingerprint density at radius 3 is 2.64 bits per heavy atom. The highest BCUT2D eigenvalue weighted by atomic mass is 35.5. The zero-order valence-corrected chi connectivity index (χ0v) is 8.76. The maximum atomic E-state index is 5.59. The van der Waals surface area contributed by atoms with Crippen LogP contribution in [0.4, 0.5) is 0 Å². The van der Waals surface area contributed by atoms with Crippen LogP contribution in [-0.2, 0) is 5.88 Å². The molecule has 74 valence electrons. The van der Waals surface area contributed by atoms with E-state index >= 15 is 0 Å². The predicted octanol–water partition coefficient (Wildman–Crippen LogP) is 3.29. The minimum Gasteiger partial charge on any atom is -0.466 e. The molecule has 0 amide bonds. The van der Waals surface area contributed by atoms with Gasteiger partial charge in [0.25, 0.3) is 0 Å². The van der Waals surface area contributed by atoms with Gasteiger partial charge in [0.1, 0.15) is 11.5 Å². The first-order valence-corrected chi connectivity index (χ1v) is 4.82. The van der Waals surface area contributed by atoms with Crippen LogP contribution in [0.1, 0.15) is 17.4 Å². The number of oxazole rings is 1. The predicted molar refractivity (Wildman–Crippen MR) is 53.2 cm³/mol. The Hall–Kier alpha value is -1.22. The van der Waals surface area contributed by atoms with E-state index in [0.29, 0.717) is 11.7 Å². The number of hydrogen-bond acceptors (Lipinski definition) is 3. The van der Waals surface area contributed by atoms with Gasteiger partial charge in [-0.2, -0.15) is 0 Å². The molecule has 2 aromatic rings. The summed E-state index contributed by atoms with van der Waals surface area (Å²) in [6.45, 7) is 3.79. The number of nitrogens with zero attached hydrogens (tertiary/aromatic N) is 1. The third-order valence-electron chi connectivity index (χ3n) is 1.97. The lowest BCUT2D eigenvalue weighted by Crippen LogP contribution is -1.72. The molecule has 0 aliphatic heterocycles. The largest absolute Gasteiger partial charge is 0.466 e. The molecule has 0 aliphatic rings. The normalized spacial score (nSPS) is 10.8. The maximum Gasteiger partial charge on any atom is 0.209 e. The zero-order valence-electron chi connectivity index (χ0n) is 8.00. The van der Waals surface area contributed by atoms with Crippen LogP contribution >= 0.6 is 11.6 Å². The summed E-state index contributed by atoms with van der Waals surface area (Å²) in [7, 11) is 0. The van der Waals surface area contributed by atoms with Crippen LogP contribution in [0.3, 0.4) is 0 Å². The molecule has 0 N–H and O–H groups in total. The SMILES string of the molecule is Cc1cc(-c2cnc(CCl)o2)c(C)o1. The van der Waals surface area contributed by atoms with Crippen LogP contribution in [0.25, 0.3) is 11.3 Å². The number of alkyl halides is 1. The van der Waals surface area contributed by atoms with Crippen molar-refractivity contribution in [3.8, 4) is 11.3 Å². The van der Waals surface area contributed by atoms with E-state index in [0.717, 1.165) is 17.1 Å². The van der Waals surface area contributed by atoms with Gasteiger partial charge in [0.2, 0.25) is 5.89 Å². The maximum absolute atomic E-state index is 5.59. The summed E-state index contributed by atoms with van der Waals surface area (Å²) < 4.78 is 10.8. The van der Waals surface area contributed by atoms with Gasteiger partial charge >= 0.3 is 0 Å². The number of halogens is 1. The summed E-state index contributed by atoms with van der Waals surface area (Å²) >= 11 is 5.59. The van der Waals surface area contributed by atoms with Crippen LogP contribution in [0.15, 0.2) is 21.1 Å². The summed E-state index contributed by atoms with van der Waals surface area (Å²) in [6, 6.07) is 1.92. The van der Waals surface area contributed by atoms with Gasteiger partial charge in [-0.1, -0.05) is 0 Å². The van der Waals surface area contributed by atoms with Gasteiger partial charge in [-0.25, -0.2) is 4.98 Å². The Morgan fingerprint density at radius 1 is 1.36 bits per heavy atom. The zero-order chi connectivity index (χ0) is 10.1. The Morgan fingerprint density at radius 2 is 2.14 bits per heavy atom. The minimum absolute atomic E-state index is 0.288. The van der Waals surface area contributed by atoms with Crippen molar-refractivity contribution in [1.82, 2.24) is 4.98 Å². The second kappa shape index (κ2) is 3.50. The van der Waals surface area contributed by atoms with Crippen LogP contribution in [-0.4, -0.2) is 4.98 Å². The average molecular weight is 212 g/mol. The van der Waals surface area contributed by atoms with Crippen molar-refractivity contribution in [2.45, 2.75) is 19.7 Å². The first-order chi connectivity index (χ1) is 6.70. The van der Waals surface area contributed by atoms with Crippen LogP contribution in [0.2, 0.25) is 0 Å². The number of rotatable bonds is 2. The standard InChI is InChI=1S/C10H10ClNO2/c1-6-3-8(7(2)13-6)9-5-12-10(4-11)14-9/h3,5H,4H2,1-2H3. The van der Waals surface area contributed by atoms with Gasteiger partial charge in [0.05, 0.1) is 17.6 Å². The molecule has 0 radical (unpaired) electrons. The summed E-state index contributed by atoms with van der Waals surface area (Å²) in [5, 5.41) is 0. The molecular formula is C10H10ClNO2. The van der Waals surface area contributed by atoms with Gasteiger partial charge in [0, 0.05) is 0 Å². The van der Waals surface area contributed by atoms with E-state index in [1.165, 1.54) is 0 Å². The average Bonchev–Trinajstić information content (AvgIpc) is 2.71. The molecule has 3 nitrogen and oxygen atoms in total. The molecule has 0 unspecified atom stereocenters. The molecule has 2 heterocycles. The molecule has 0 aliphatic carbocycles. The summed E-state index contributed by atoms with van der Waals surface area (Å²) in [4.78, 5) is 4.02. The molecule has 0 atom stereocenters. The third-order valence-corrected chi connectivity index (χ3v) is 2.20. The molecule has 0 saturated carbocycles. The number of hydrogen-bond donors (Lipinski definition) is 0. The van der Waals surface area contributed by atoms with E-state index in [1.54, 1.807) is 6.20 Å². The Kier molecular flexibility index (Phi) is 2.33. The minimum atomic E-state index is 0.288. The molecule has 0 saturated heterocycles. The highest BCUT2D eigenvalue weighted by Crippen LogP contribution is 2.27. The van der Waals surface area contributed by atoms with Crippen LogP contribution in [0.5, 0.6) is 0 Å². The molecular weight excluding hydrogens is 202 g/mol. The van der Waals surface area contributed by atoms with Crippen molar-refractivity contribution in [2.24, 2.45) is 0 Å². The van der Waals surface area contributed by atoms with Gasteiger partial charge in [0.15, 0.2) is 5.76 Å². The Balaban J connectivity index is 2.43. The van der Waals surface area contributed by atoms with Crippen molar-refractivity contribution >= 4 is 11.6 Å². The lowest BCUT2D eigenvalue weighted by Gasteiger charge is -1.90. The molecule has 2 rings (SSSR count). The van der Waals surface area contributed by atoms with E-state index in [9.17, 15) is 0 Å². The van der Waals surface area contributed by atoms with Gasteiger partial charge in [-0.15, -0.1) is 11.6 Å². The monoisotopic (exact) mass is 211 g/mol. The van der Waals surface area contributed by atoms with E-state index in [2.05, 4.69) is 4.98 Å². The number of aromatic nitrogens is 1. The Bertz CT molecular complexity index is 445. The van der Waals surface area contributed by atoms with Gasteiger partial charge < -0.3 is 8.83 Å². The van der Waals surface area contributed by atoms with Crippen LogP contribution in [0, 0.1) is 13.8 Å². The van der Waals surface area contributed by atoms with E-state index in [1.807, 2.05) is 19.9 Å². The molecule has 0 aromatic carbocycles. The number of aryl methyl sites for hydroxylation is 2. The van der Waals surface area contributed by atoms with Crippen molar-refractivity contribution in [3.05, 3.63) is 29.7 Å². The summed E-state index contributed by atoms with van der Waals surface area (Å²) in [5.41, 5.74) is 0.936. The van der Waals surface area contributed by atoms with E-state index in [-0.39, 0.29) is 5.88 Å². The van der Waals surface area contributed by atoms with Crippen molar-refractivity contribution in [2.75, 3.05) is 0 Å². The summed E-state index contributed by atoms with van der Waals surface area (Å²) in [6.07, 6.45) is 1.66. The van der Waals surface area contributed by atoms with E-state index in [4.69, 9.17) is 20.4 Å². The molecule has 14 heavy (non-hydrogen) atoms. The first kappa shape index (κ1) is 9.34. The molecule has 2 aromatic heterocycles.